The van der Waals surface area contributed by atoms with Crippen molar-refractivity contribution in [3.8, 4) is 11.3 Å². The smallest absolute Gasteiger partial charge is 0.339 e. The third kappa shape index (κ3) is 4.51. The van der Waals surface area contributed by atoms with Gasteiger partial charge in [0.05, 0.1) is 27.0 Å². The van der Waals surface area contributed by atoms with Gasteiger partial charge in [-0.05, 0) is 43.7 Å². The molecule has 168 valence electrons. The van der Waals surface area contributed by atoms with Gasteiger partial charge in [-0.1, -0.05) is 65.4 Å². The van der Waals surface area contributed by atoms with Crippen LogP contribution in [0.3, 0.4) is 0 Å². The lowest BCUT2D eigenvalue weighted by Gasteiger charge is -2.10. The van der Waals surface area contributed by atoms with Crippen molar-refractivity contribution in [2.45, 2.75) is 13.8 Å². The first-order valence-corrected chi connectivity index (χ1v) is 11.6. The van der Waals surface area contributed by atoms with E-state index in [1.165, 1.54) is 11.3 Å². The van der Waals surface area contributed by atoms with E-state index in [1.807, 2.05) is 80.6 Å². The highest BCUT2D eigenvalue weighted by Crippen LogP contribution is 2.27. The number of ether oxygens (including phenoxy) is 1. The number of para-hydroxylation sites is 1. The average Bonchev–Trinajstić information content (AvgIpc) is 3.23. The fraction of sp³-hybridized carbons (Fsp3) is 0.111. The number of benzene rings is 3. The van der Waals surface area contributed by atoms with Crippen molar-refractivity contribution in [2.24, 2.45) is 0 Å². The van der Waals surface area contributed by atoms with E-state index in [2.05, 4.69) is 10.3 Å². The summed E-state index contributed by atoms with van der Waals surface area (Å²) in [5.74, 6) is -1.02. The highest BCUT2D eigenvalue weighted by Gasteiger charge is 2.17. The van der Waals surface area contributed by atoms with Crippen LogP contribution in [0.5, 0.6) is 0 Å². The number of anilines is 1. The molecule has 0 atom stereocenters. The Labute approximate surface area is 200 Å². The Bertz CT molecular complexity index is 1540. The topological polar surface area (TPSA) is 81.2 Å². The molecule has 0 aliphatic heterocycles. The van der Waals surface area contributed by atoms with Crippen molar-refractivity contribution < 1.29 is 14.3 Å². The Morgan fingerprint density at radius 3 is 2.47 bits per heavy atom. The van der Waals surface area contributed by atoms with Crippen LogP contribution in [-0.4, -0.2) is 28.5 Å². The van der Waals surface area contributed by atoms with Crippen LogP contribution in [0.25, 0.3) is 32.4 Å². The average molecular weight is 468 g/mol. The summed E-state index contributed by atoms with van der Waals surface area (Å²) < 4.78 is 6.36. The summed E-state index contributed by atoms with van der Waals surface area (Å²) in [4.78, 5) is 34.5. The quantitative estimate of drug-likeness (QED) is 0.324. The second-order valence-electron chi connectivity index (χ2n) is 8.05. The number of carbonyl (C=O) groups excluding carboxylic acids is 2. The van der Waals surface area contributed by atoms with Gasteiger partial charge in [0.15, 0.2) is 11.7 Å². The van der Waals surface area contributed by atoms with Crippen molar-refractivity contribution >= 4 is 49.5 Å². The van der Waals surface area contributed by atoms with Gasteiger partial charge in [-0.2, -0.15) is 0 Å². The number of hydrogen-bond acceptors (Lipinski definition) is 6. The third-order valence-electron chi connectivity index (χ3n) is 5.41. The number of carbonyl (C=O) groups is 2. The number of nitrogens with one attached hydrogen (secondary N) is 1. The molecule has 1 N–H and O–H groups in total. The van der Waals surface area contributed by atoms with E-state index in [0.717, 1.165) is 26.9 Å². The summed E-state index contributed by atoms with van der Waals surface area (Å²) >= 11 is 1.38. The number of thiazole rings is 1. The van der Waals surface area contributed by atoms with E-state index in [0.29, 0.717) is 27.3 Å². The maximum atomic E-state index is 13.0. The zero-order chi connectivity index (χ0) is 23.7. The number of pyridine rings is 1. The predicted octanol–water partition coefficient (Wildman–Crippen LogP) is 5.92. The lowest BCUT2D eigenvalue weighted by atomic mass is 10.0. The molecule has 0 radical (unpaired) electrons. The van der Waals surface area contributed by atoms with Crippen molar-refractivity contribution in [2.75, 3.05) is 11.9 Å². The van der Waals surface area contributed by atoms with Crippen LogP contribution in [0.1, 0.15) is 21.5 Å². The molecule has 7 heteroatoms. The summed E-state index contributed by atoms with van der Waals surface area (Å²) in [5.41, 5.74) is 5.69. The van der Waals surface area contributed by atoms with Gasteiger partial charge >= 0.3 is 5.97 Å². The van der Waals surface area contributed by atoms with Crippen LogP contribution in [0, 0.1) is 13.8 Å². The van der Waals surface area contributed by atoms with E-state index < -0.39 is 18.5 Å². The number of aryl methyl sites for hydroxylation is 2. The highest BCUT2D eigenvalue weighted by atomic mass is 32.1. The lowest BCUT2D eigenvalue weighted by Crippen LogP contribution is -2.21. The summed E-state index contributed by atoms with van der Waals surface area (Å²) in [6, 6.07) is 22.9. The summed E-state index contributed by atoms with van der Waals surface area (Å²) in [7, 11) is 0. The van der Waals surface area contributed by atoms with E-state index in [9.17, 15) is 9.59 Å². The third-order valence-corrected chi connectivity index (χ3v) is 6.34. The molecule has 5 aromatic rings. The molecule has 0 spiro atoms. The molecule has 34 heavy (non-hydrogen) atoms. The minimum absolute atomic E-state index is 0.365. The number of amides is 1. The minimum atomic E-state index is -0.581. The molecule has 0 aliphatic rings. The van der Waals surface area contributed by atoms with E-state index >= 15 is 0 Å². The van der Waals surface area contributed by atoms with Crippen LogP contribution < -0.4 is 5.32 Å². The second kappa shape index (κ2) is 9.03. The number of esters is 1. The molecule has 2 heterocycles. The van der Waals surface area contributed by atoms with Crippen molar-refractivity contribution in [1.29, 1.82) is 0 Å². The Hall–Kier alpha value is -4.10. The fourth-order valence-corrected chi connectivity index (χ4v) is 4.65. The van der Waals surface area contributed by atoms with Gasteiger partial charge < -0.3 is 4.74 Å². The number of aromatic nitrogens is 2. The normalized spacial score (nSPS) is 11.0. The maximum Gasteiger partial charge on any atom is 0.339 e. The first kappa shape index (κ1) is 21.7. The molecular weight excluding hydrogens is 446 g/mol. The maximum absolute atomic E-state index is 13.0. The van der Waals surface area contributed by atoms with Crippen molar-refractivity contribution in [1.82, 2.24) is 9.97 Å². The summed E-state index contributed by atoms with van der Waals surface area (Å²) in [6.07, 6.45) is 0. The zero-order valence-electron chi connectivity index (χ0n) is 18.7. The second-order valence-corrected chi connectivity index (χ2v) is 9.08. The van der Waals surface area contributed by atoms with Crippen molar-refractivity contribution in [3.63, 3.8) is 0 Å². The lowest BCUT2D eigenvalue weighted by molar-refractivity contribution is -0.119. The van der Waals surface area contributed by atoms with E-state index in [-0.39, 0.29) is 0 Å². The number of nitrogens with zero attached hydrogens (tertiary/aromatic N) is 2. The van der Waals surface area contributed by atoms with E-state index in [1.54, 1.807) is 6.07 Å². The molecule has 0 bridgehead atoms. The molecule has 6 nitrogen and oxygen atoms in total. The minimum Gasteiger partial charge on any atom is -0.452 e. The molecule has 0 fully saturated rings. The summed E-state index contributed by atoms with van der Waals surface area (Å²) in [5, 5.41) is 3.86. The monoisotopic (exact) mass is 467 g/mol. The number of rotatable bonds is 5. The highest BCUT2D eigenvalue weighted by molar-refractivity contribution is 7.22. The number of fused-ring (bicyclic) bond motifs is 2. The Morgan fingerprint density at radius 1 is 0.882 bits per heavy atom. The first-order valence-electron chi connectivity index (χ1n) is 10.8. The van der Waals surface area contributed by atoms with Gasteiger partial charge in [-0.3, -0.25) is 10.1 Å². The predicted molar refractivity (Wildman–Crippen MR) is 135 cm³/mol. The van der Waals surface area contributed by atoms with Crippen LogP contribution in [0.4, 0.5) is 5.13 Å². The number of hydrogen-bond donors (Lipinski definition) is 1. The van der Waals surface area contributed by atoms with Gasteiger partial charge in [-0.25, -0.2) is 14.8 Å². The largest absolute Gasteiger partial charge is 0.452 e. The molecule has 3 aromatic carbocycles. The SMILES string of the molecule is Cc1ccc(-c2cc(C(=O)OCC(=O)Nc3nc4ccc(C)cc4s3)c3ccccc3n2)cc1. The molecule has 0 aliphatic carbocycles. The van der Waals surface area contributed by atoms with Gasteiger partial charge in [0.1, 0.15) is 0 Å². The fourth-order valence-electron chi connectivity index (χ4n) is 3.67. The van der Waals surface area contributed by atoms with Crippen molar-refractivity contribution in [3.05, 3.63) is 89.5 Å². The molecular formula is C27H21N3O3S. The van der Waals surface area contributed by atoms with Gasteiger partial charge in [0.2, 0.25) is 0 Å². The molecule has 0 saturated carbocycles. The molecule has 2 aromatic heterocycles. The molecule has 0 unspecified atom stereocenters. The molecule has 0 saturated heterocycles. The molecule has 5 rings (SSSR count). The molecule has 1 amide bonds. The van der Waals surface area contributed by atoms with Crippen LogP contribution in [-0.2, 0) is 9.53 Å². The first-order chi connectivity index (χ1) is 16.5. The summed E-state index contributed by atoms with van der Waals surface area (Å²) in [6.45, 7) is 3.61. The van der Waals surface area contributed by atoms with Crippen LogP contribution in [0.15, 0.2) is 72.8 Å². The van der Waals surface area contributed by atoms with Crippen LogP contribution in [0.2, 0.25) is 0 Å². The Kier molecular flexibility index (Phi) is 5.77. The van der Waals surface area contributed by atoms with Crippen LogP contribution >= 0.6 is 11.3 Å². The zero-order valence-corrected chi connectivity index (χ0v) is 19.5. The van der Waals surface area contributed by atoms with E-state index in [4.69, 9.17) is 9.72 Å². The Balaban J connectivity index is 1.35. The van der Waals surface area contributed by atoms with Gasteiger partial charge in [0.25, 0.3) is 5.91 Å². The van der Waals surface area contributed by atoms with Gasteiger partial charge in [-0.15, -0.1) is 0 Å². The van der Waals surface area contributed by atoms with Gasteiger partial charge in [0, 0.05) is 10.9 Å². The standard InChI is InChI=1S/C27H21N3O3S/c1-16-7-10-18(11-8-16)23-14-20(19-5-3-4-6-21(19)28-23)26(32)33-15-25(31)30-27-29-22-12-9-17(2)13-24(22)34-27/h3-14H,15H2,1-2H3,(H,29,30,31). The Morgan fingerprint density at radius 2 is 1.65 bits per heavy atom.